The maximum absolute atomic E-state index is 12.4. The highest BCUT2D eigenvalue weighted by molar-refractivity contribution is 7.14. The molecule has 0 fully saturated rings. The fourth-order valence-corrected chi connectivity index (χ4v) is 4.64. The summed E-state index contributed by atoms with van der Waals surface area (Å²) in [5.74, 6) is -1.53. The van der Waals surface area contributed by atoms with Gasteiger partial charge in [0.1, 0.15) is 6.61 Å². The first-order valence-corrected chi connectivity index (χ1v) is 11.7. The second kappa shape index (κ2) is 9.96. The zero-order valence-electron chi connectivity index (χ0n) is 18.8. The first kappa shape index (κ1) is 23.3. The molecule has 1 aliphatic heterocycles. The van der Waals surface area contributed by atoms with Crippen molar-refractivity contribution in [2.24, 2.45) is 0 Å². The van der Waals surface area contributed by atoms with Crippen LogP contribution in [0.5, 0.6) is 0 Å². The number of esters is 1. The van der Waals surface area contributed by atoms with Gasteiger partial charge in [0, 0.05) is 18.8 Å². The largest absolute Gasteiger partial charge is 0.459 e. The van der Waals surface area contributed by atoms with Gasteiger partial charge in [0.2, 0.25) is 5.91 Å². The number of aryl methyl sites for hydroxylation is 1. The Bertz CT molecular complexity index is 1230. The molecule has 0 spiro atoms. The number of para-hydroxylation sites is 1. The van der Waals surface area contributed by atoms with Crippen molar-refractivity contribution in [2.75, 3.05) is 11.4 Å². The van der Waals surface area contributed by atoms with Crippen molar-refractivity contribution in [3.8, 4) is 0 Å². The Kier molecular flexibility index (Phi) is 6.83. The van der Waals surface area contributed by atoms with Gasteiger partial charge in [0.05, 0.1) is 28.9 Å². The lowest BCUT2D eigenvalue weighted by Crippen LogP contribution is -2.32. The normalized spacial score (nSPS) is 12.6. The molecule has 0 aliphatic carbocycles. The Morgan fingerprint density at radius 3 is 2.32 bits per heavy atom. The van der Waals surface area contributed by atoms with Crippen molar-refractivity contribution in [3.05, 3.63) is 76.3 Å². The predicted octanol–water partition coefficient (Wildman–Crippen LogP) is 4.12. The molecular weight excluding hydrogens is 454 g/mol. The molecule has 3 amide bonds. The first-order chi connectivity index (χ1) is 16.4. The molecule has 8 nitrogen and oxygen atoms in total. The molecule has 0 atom stereocenters. The Morgan fingerprint density at radius 2 is 1.68 bits per heavy atom. The molecule has 174 valence electrons. The standard InChI is InChI=1S/C25H23N3O5S/c1-3-17-8-4-7-11-21(17)28(16(2)29)25-26-18(15-34-25)14-33-22(30)12-13-27-23(31)19-9-5-6-10-20(19)24(27)32/h4-11,15H,3,12-14H2,1-2H3. The number of hydrogen-bond donors (Lipinski definition) is 0. The van der Waals surface area contributed by atoms with Gasteiger partial charge in [-0.05, 0) is 30.2 Å². The lowest BCUT2D eigenvalue weighted by Gasteiger charge is -2.20. The number of carbonyl (C=O) groups excluding carboxylic acids is 4. The average molecular weight is 478 g/mol. The molecule has 34 heavy (non-hydrogen) atoms. The Morgan fingerprint density at radius 1 is 1.03 bits per heavy atom. The quantitative estimate of drug-likeness (QED) is 0.358. The van der Waals surface area contributed by atoms with Gasteiger partial charge in [-0.2, -0.15) is 0 Å². The predicted molar refractivity (Wildman–Crippen MR) is 127 cm³/mol. The van der Waals surface area contributed by atoms with E-state index in [0.29, 0.717) is 22.0 Å². The molecule has 0 N–H and O–H groups in total. The molecule has 0 saturated carbocycles. The SMILES string of the molecule is CCc1ccccc1N(C(C)=O)c1nc(COC(=O)CCN2C(=O)c3ccccc3C2=O)cs1. The van der Waals surface area contributed by atoms with Crippen LogP contribution in [0.1, 0.15) is 52.2 Å². The number of rotatable bonds is 8. The van der Waals surface area contributed by atoms with Gasteiger partial charge in [0.15, 0.2) is 5.13 Å². The van der Waals surface area contributed by atoms with E-state index in [0.717, 1.165) is 22.6 Å². The molecule has 4 rings (SSSR count). The van der Waals surface area contributed by atoms with Crippen LogP contribution in [0.4, 0.5) is 10.8 Å². The summed E-state index contributed by atoms with van der Waals surface area (Å²) in [4.78, 5) is 56.5. The molecule has 9 heteroatoms. The number of carbonyl (C=O) groups is 4. The molecule has 0 radical (unpaired) electrons. The van der Waals surface area contributed by atoms with Crippen LogP contribution in [0.2, 0.25) is 0 Å². The van der Waals surface area contributed by atoms with Crippen LogP contribution >= 0.6 is 11.3 Å². The number of nitrogens with zero attached hydrogens (tertiary/aromatic N) is 3. The van der Waals surface area contributed by atoms with Gasteiger partial charge in [-0.15, -0.1) is 11.3 Å². The number of ether oxygens (including phenoxy) is 1. The monoisotopic (exact) mass is 477 g/mol. The zero-order valence-corrected chi connectivity index (χ0v) is 19.6. The van der Waals surface area contributed by atoms with E-state index in [-0.39, 0.29) is 25.5 Å². The third kappa shape index (κ3) is 4.60. The second-order valence-electron chi connectivity index (χ2n) is 7.68. The zero-order chi connectivity index (χ0) is 24.2. The van der Waals surface area contributed by atoms with Crippen molar-refractivity contribution >= 4 is 45.8 Å². The van der Waals surface area contributed by atoms with Gasteiger partial charge >= 0.3 is 5.97 Å². The van der Waals surface area contributed by atoms with E-state index in [1.165, 1.54) is 18.3 Å². The number of hydrogen-bond acceptors (Lipinski definition) is 7. The van der Waals surface area contributed by atoms with E-state index in [2.05, 4.69) is 4.98 Å². The molecule has 3 aromatic rings. The van der Waals surface area contributed by atoms with E-state index >= 15 is 0 Å². The number of imide groups is 1. The Hall–Kier alpha value is -3.85. The van der Waals surface area contributed by atoms with Gasteiger partial charge in [0.25, 0.3) is 11.8 Å². The van der Waals surface area contributed by atoms with Crippen LogP contribution in [0.25, 0.3) is 0 Å². The minimum atomic E-state index is -0.550. The molecule has 2 aromatic carbocycles. The first-order valence-electron chi connectivity index (χ1n) is 10.8. The highest BCUT2D eigenvalue weighted by atomic mass is 32.1. The lowest BCUT2D eigenvalue weighted by atomic mass is 10.1. The summed E-state index contributed by atoms with van der Waals surface area (Å²) >= 11 is 1.28. The average Bonchev–Trinajstić information content (AvgIpc) is 3.39. The van der Waals surface area contributed by atoms with Crippen LogP contribution in [-0.4, -0.2) is 40.1 Å². The smallest absolute Gasteiger partial charge is 0.307 e. The van der Waals surface area contributed by atoms with Gasteiger partial charge in [-0.3, -0.25) is 29.0 Å². The molecule has 0 unspecified atom stereocenters. The highest BCUT2D eigenvalue weighted by Crippen LogP contribution is 2.32. The minimum Gasteiger partial charge on any atom is -0.459 e. The van der Waals surface area contributed by atoms with Crippen LogP contribution in [-0.2, 0) is 27.4 Å². The maximum atomic E-state index is 12.4. The minimum absolute atomic E-state index is 0.0561. The van der Waals surface area contributed by atoms with Crippen molar-refractivity contribution in [2.45, 2.75) is 33.3 Å². The fourth-order valence-electron chi connectivity index (χ4n) is 3.77. The van der Waals surface area contributed by atoms with E-state index < -0.39 is 17.8 Å². The summed E-state index contributed by atoms with van der Waals surface area (Å²) in [7, 11) is 0. The summed E-state index contributed by atoms with van der Waals surface area (Å²) in [6, 6.07) is 14.2. The molecule has 1 aliphatic rings. The van der Waals surface area contributed by atoms with Crippen molar-refractivity contribution in [1.82, 2.24) is 9.88 Å². The Labute approximate surface area is 200 Å². The van der Waals surface area contributed by atoms with Crippen LogP contribution in [0.15, 0.2) is 53.9 Å². The van der Waals surface area contributed by atoms with Gasteiger partial charge in [-0.1, -0.05) is 37.3 Å². The Balaban J connectivity index is 1.36. The van der Waals surface area contributed by atoms with E-state index in [1.807, 2.05) is 31.2 Å². The van der Waals surface area contributed by atoms with E-state index in [1.54, 1.807) is 34.5 Å². The third-order valence-corrected chi connectivity index (χ3v) is 6.33. The maximum Gasteiger partial charge on any atom is 0.307 e. The molecular formula is C25H23N3O5S. The summed E-state index contributed by atoms with van der Waals surface area (Å²) in [5.41, 5.74) is 2.99. The van der Waals surface area contributed by atoms with Crippen molar-refractivity contribution < 1.29 is 23.9 Å². The molecule has 1 aromatic heterocycles. The number of benzene rings is 2. The molecule has 2 heterocycles. The molecule has 0 bridgehead atoms. The van der Waals surface area contributed by atoms with Crippen molar-refractivity contribution in [1.29, 1.82) is 0 Å². The van der Waals surface area contributed by atoms with Gasteiger partial charge in [-0.25, -0.2) is 4.98 Å². The third-order valence-electron chi connectivity index (χ3n) is 5.46. The van der Waals surface area contributed by atoms with Crippen LogP contribution in [0, 0.1) is 0 Å². The van der Waals surface area contributed by atoms with E-state index in [4.69, 9.17) is 4.74 Å². The number of aromatic nitrogens is 1. The van der Waals surface area contributed by atoms with Crippen molar-refractivity contribution in [3.63, 3.8) is 0 Å². The summed E-state index contributed by atoms with van der Waals surface area (Å²) < 4.78 is 5.29. The van der Waals surface area contributed by atoms with Gasteiger partial charge < -0.3 is 4.74 Å². The highest BCUT2D eigenvalue weighted by Gasteiger charge is 2.35. The van der Waals surface area contributed by atoms with Crippen LogP contribution < -0.4 is 4.90 Å². The summed E-state index contributed by atoms with van der Waals surface area (Å²) in [6.07, 6.45) is 0.648. The summed E-state index contributed by atoms with van der Waals surface area (Å²) in [6.45, 7) is 3.37. The topological polar surface area (TPSA) is 96.9 Å². The second-order valence-corrected chi connectivity index (χ2v) is 8.51. The number of anilines is 2. The number of amides is 3. The fraction of sp³-hybridized carbons (Fsp3) is 0.240. The summed E-state index contributed by atoms with van der Waals surface area (Å²) in [5, 5.41) is 2.22. The number of thiazole rings is 1. The van der Waals surface area contributed by atoms with Crippen LogP contribution in [0.3, 0.4) is 0 Å². The number of fused-ring (bicyclic) bond motifs is 1. The molecule has 0 saturated heterocycles. The lowest BCUT2D eigenvalue weighted by molar-refractivity contribution is -0.145. The van der Waals surface area contributed by atoms with E-state index in [9.17, 15) is 19.2 Å².